The van der Waals surface area contributed by atoms with Gasteiger partial charge in [-0.1, -0.05) is 54.6 Å². The highest BCUT2D eigenvalue weighted by atomic mass is 32.1. The van der Waals surface area contributed by atoms with Crippen LogP contribution in [-0.2, 0) is 0 Å². The largest absolute Gasteiger partial charge is 0.414 e. The van der Waals surface area contributed by atoms with Gasteiger partial charge in [0.25, 0.3) is 0 Å². The quantitative estimate of drug-likeness (QED) is 0.692. The summed E-state index contributed by atoms with van der Waals surface area (Å²) >= 11 is 0.775. The topological polar surface area (TPSA) is 60.2 Å². The maximum atomic E-state index is 12.3. The summed E-state index contributed by atoms with van der Waals surface area (Å²) in [6.07, 6.45) is 3.39. The lowest BCUT2D eigenvalue weighted by Gasteiger charge is -2.01. The number of benzene rings is 2. The first-order valence-corrected chi connectivity index (χ1v) is 7.34. The molecule has 0 aliphatic rings. The van der Waals surface area contributed by atoms with Crippen molar-refractivity contribution in [2.45, 2.75) is 0 Å². The van der Waals surface area contributed by atoms with Crippen molar-refractivity contribution >= 4 is 29.5 Å². The summed E-state index contributed by atoms with van der Waals surface area (Å²) in [7, 11) is 0. The van der Waals surface area contributed by atoms with E-state index in [1.807, 2.05) is 30.3 Å². The zero-order chi connectivity index (χ0) is 15.4. The van der Waals surface area contributed by atoms with Gasteiger partial charge in [0.2, 0.25) is 5.89 Å². The maximum Gasteiger partial charge on any atom is 0.414 e. The van der Waals surface area contributed by atoms with Gasteiger partial charge in [-0.2, -0.15) is 0 Å². The number of aromatic nitrogens is 1. The summed E-state index contributed by atoms with van der Waals surface area (Å²) in [4.78, 5) is 22.7. The van der Waals surface area contributed by atoms with Gasteiger partial charge in [0, 0.05) is 17.2 Å². The van der Waals surface area contributed by atoms with Crippen LogP contribution in [0.15, 0.2) is 63.8 Å². The molecule has 2 aromatic carbocycles. The molecule has 4 nitrogen and oxygen atoms in total. The van der Waals surface area contributed by atoms with E-state index in [1.54, 1.807) is 36.4 Å². The molecular formula is C17H11NO3S. The molecule has 108 valence electrons. The minimum absolute atomic E-state index is 0.0124. The van der Waals surface area contributed by atoms with Crippen LogP contribution in [0.4, 0.5) is 0 Å². The fourth-order valence-corrected chi connectivity index (χ4v) is 2.32. The van der Waals surface area contributed by atoms with Crippen molar-refractivity contribution in [1.29, 1.82) is 0 Å². The highest BCUT2D eigenvalue weighted by Gasteiger charge is 2.07. The zero-order valence-electron chi connectivity index (χ0n) is 11.4. The van der Waals surface area contributed by atoms with Gasteiger partial charge in [-0.25, -0.2) is 4.79 Å². The van der Waals surface area contributed by atoms with Gasteiger partial charge < -0.3 is 4.42 Å². The van der Waals surface area contributed by atoms with Crippen molar-refractivity contribution in [2.24, 2.45) is 0 Å². The molecule has 0 aliphatic carbocycles. The molecule has 0 unspecified atom stereocenters. The van der Waals surface area contributed by atoms with Gasteiger partial charge in [-0.3, -0.25) is 4.79 Å². The summed E-state index contributed by atoms with van der Waals surface area (Å²) in [5, 5.41) is 0. The van der Waals surface area contributed by atoms with Gasteiger partial charge in [-0.15, -0.1) is 4.37 Å². The molecule has 0 saturated carbocycles. The van der Waals surface area contributed by atoms with Gasteiger partial charge in [0.1, 0.15) is 0 Å². The van der Waals surface area contributed by atoms with E-state index in [2.05, 4.69) is 4.37 Å². The minimum atomic E-state index is -0.427. The van der Waals surface area contributed by atoms with Crippen molar-refractivity contribution < 1.29 is 9.21 Å². The van der Waals surface area contributed by atoms with Gasteiger partial charge in [0.15, 0.2) is 5.78 Å². The second-order valence-electron chi connectivity index (χ2n) is 4.52. The van der Waals surface area contributed by atoms with E-state index in [0.717, 1.165) is 17.1 Å². The lowest BCUT2D eigenvalue weighted by Crippen LogP contribution is -2.00. The molecule has 22 heavy (non-hydrogen) atoms. The van der Waals surface area contributed by atoms with E-state index in [4.69, 9.17) is 4.42 Å². The van der Waals surface area contributed by atoms with Crippen LogP contribution >= 0.6 is 11.5 Å². The predicted octanol–water partition coefficient (Wildman–Crippen LogP) is 3.50. The molecule has 1 aromatic heterocycles. The van der Waals surface area contributed by atoms with Gasteiger partial charge in [-0.05, 0) is 11.6 Å². The Morgan fingerprint density at radius 3 is 2.27 bits per heavy atom. The molecule has 5 heteroatoms. The molecule has 3 aromatic rings. The van der Waals surface area contributed by atoms with E-state index < -0.39 is 4.94 Å². The second kappa shape index (κ2) is 6.32. The third-order valence-electron chi connectivity index (χ3n) is 3.03. The maximum absolute atomic E-state index is 12.3. The molecule has 0 fully saturated rings. The summed E-state index contributed by atoms with van der Waals surface area (Å²) in [5.41, 5.74) is 2.18. The van der Waals surface area contributed by atoms with Gasteiger partial charge >= 0.3 is 4.94 Å². The third-order valence-corrected chi connectivity index (χ3v) is 3.53. The number of carbonyl (C=O) groups excluding carboxylic acids is 1. The smallest absolute Gasteiger partial charge is 0.395 e. The summed E-state index contributed by atoms with van der Waals surface area (Å²) in [6.45, 7) is 0. The number of rotatable bonds is 4. The van der Waals surface area contributed by atoms with E-state index in [-0.39, 0.29) is 11.7 Å². The molecule has 0 saturated heterocycles. The Bertz CT molecular complexity index is 861. The molecule has 3 rings (SSSR count). The van der Waals surface area contributed by atoms with E-state index in [0.29, 0.717) is 11.1 Å². The SMILES string of the molecule is O=C(c1ccccc1)c1ccc(/C=C/c2nsc(=O)o2)cc1. The highest BCUT2D eigenvalue weighted by molar-refractivity contribution is 7.02. The summed E-state index contributed by atoms with van der Waals surface area (Å²) in [6, 6.07) is 16.3. The van der Waals surface area contributed by atoms with Crippen LogP contribution in [-0.4, -0.2) is 10.2 Å². The van der Waals surface area contributed by atoms with Crippen molar-refractivity contribution in [3.05, 3.63) is 86.9 Å². The average Bonchev–Trinajstić information content (AvgIpc) is 2.99. The zero-order valence-corrected chi connectivity index (χ0v) is 12.2. The Hall–Kier alpha value is -2.79. The van der Waals surface area contributed by atoms with Crippen molar-refractivity contribution in [3.8, 4) is 0 Å². The fourth-order valence-electron chi connectivity index (χ4n) is 1.94. The number of hydrogen-bond acceptors (Lipinski definition) is 5. The first-order chi connectivity index (χ1) is 10.7. The lowest BCUT2D eigenvalue weighted by atomic mass is 10.0. The molecule has 0 atom stereocenters. The molecule has 1 heterocycles. The highest BCUT2D eigenvalue weighted by Crippen LogP contribution is 2.13. The first kappa shape index (κ1) is 14.2. The molecule has 0 radical (unpaired) electrons. The molecule has 0 bridgehead atoms. The van der Waals surface area contributed by atoms with Crippen LogP contribution < -0.4 is 4.94 Å². The average molecular weight is 309 g/mol. The van der Waals surface area contributed by atoms with Crippen LogP contribution in [0.5, 0.6) is 0 Å². The number of carbonyl (C=O) groups is 1. The molecule has 0 amide bonds. The minimum Gasteiger partial charge on any atom is -0.395 e. The molecule has 0 spiro atoms. The Kier molecular flexibility index (Phi) is 4.07. The predicted molar refractivity (Wildman–Crippen MR) is 85.9 cm³/mol. The van der Waals surface area contributed by atoms with Crippen LogP contribution in [0, 0.1) is 0 Å². The monoisotopic (exact) mass is 309 g/mol. The third kappa shape index (κ3) is 3.27. The molecule has 0 aliphatic heterocycles. The Morgan fingerprint density at radius 1 is 0.955 bits per heavy atom. The van der Waals surface area contributed by atoms with Crippen molar-refractivity contribution in [2.75, 3.05) is 0 Å². The first-order valence-electron chi connectivity index (χ1n) is 6.57. The van der Waals surface area contributed by atoms with Crippen molar-refractivity contribution in [1.82, 2.24) is 4.37 Å². The number of hydrogen-bond donors (Lipinski definition) is 0. The Balaban J connectivity index is 1.77. The molecule has 0 N–H and O–H groups in total. The van der Waals surface area contributed by atoms with E-state index >= 15 is 0 Å². The van der Waals surface area contributed by atoms with Gasteiger partial charge in [0.05, 0.1) is 11.5 Å². The number of ketones is 1. The van der Waals surface area contributed by atoms with Crippen LogP contribution in [0.25, 0.3) is 12.2 Å². The van der Waals surface area contributed by atoms with Crippen LogP contribution in [0.2, 0.25) is 0 Å². The Labute approximate surface area is 130 Å². The lowest BCUT2D eigenvalue weighted by molar-refractivity contribution is 0.103. The second-order valence-corrected chi connectivity index (χ2v) is 5.22. The summed E-state index contributed by atoms with van der Waals surface area (Å²) in [5.74, 6) is 0.265. The van der Waals surface area contributed by atoms with Crippen LogP contribution in [0.1, 0.15) is 27.4 Å². The normalized spacial score (nSPS) is 10.9. The van der Waals surface area contributed by atoms with E-state index in [9.17, 15) is 9.59 Å². The van der Waals surface area contributed by atoms with Crippen molar-refractivity contribution in [3.63, 3.8) is 0 Å². The van der Waals surface area contributed by atoms with Crippen LogP contribution in [0.3, 0.4) is 0 Å². The van der Waals surface area contributed by atoms with E-state index in [1.165, 1.54) is 0 Å². The molecular weight excluding hydrogens is 298 g/mol. The summed E-state index contributed by atoms with van der Waals surface area (Å²) < 4.78 is 8.67. The Morgan fingerprint density at radius 2 is 1.64 bits per heavy atom. The standard InChI is InChI=1S/C17H11NO3S/c19-16(13-4-2-1-3-5-13)14-9-6-12(7-10-14)8-11-15-18-22-17(20)21-15/h1-11H/b11-8+. The fraction of sp³-hybridized carbons (Fsp3) is 0. The number of nitrogens with zero attached hydrogens (tertiary/aromatic N) is 1.